The fourth-order valence-electron chi connectivity index (χ4n) is 0.839. The molecule has 10 heteroatoms. The number of nitrogens with one attached hydrogen (secondary N) is 1. The molecule has 0 fully saturated rings. The predicted molar refractivity (Wildman–Crippen MR) is 56.1 cm³/mol. The second kappa shape index (κ2) is 4.80. The molecule has 0 aliphatic rings. The van der Waals surface area contributed by atoms with Gasteiger partial charge in [-0.05, 0) is 0 Å². The zero-order valence-electron chi connectivity index (χ0n) is 7.49. The summed E-state index contributed by atoms with van der Waals surface area (Å²) < 4.78 is 0. The van der Waals surface area contributed by atoms with Gasteiger partial charge in [-0.3, -0.25) is 5.50 Å². The van der Waals surface area contributed by atoms with Crippen LogP contribution in [0.3, 0.4) is 0 Å². The third kappa shape index (κ3) is 3.60. The van der Waals surface area contributed by atoms with Crippen molar-refractivity contribution in [2.75, 3.05) is 11.5 Å². The molecular weight excluding hydrogens is 221 g/mol. The number of aromatic amines is 1. The number of aromatic nitrogens is 4. The molecular formula is C5H10N7O2P. The Hall–Kier alpha value is -1.54. The van der Waals surface area contributed by atoms with E-state index in [1.807, 2.05) is 0 Å². The van der Waals surface area contributed by atoms with Crippen LogP contribution in [0.25, 0.3) is 11.2 Å². The molecule has 0 radical (unpaired) electrons. The minimum Gasteiger partial charge on any atom is -0.369 e. The Bertz CT molecular complexity index is 441. The summed E-state index contributed by atoms with van der Waals surface area (Å²) in [6.45, 7) is 0. The first kappa shape index (κ1) is 11.5. The molecule has 9 N–H and O–H groups in total. The molecule has 0 amide bonds. The highest BCUT2D eigenvalue weighted by atomic mass is 31.2. The van der Waals surface area contributed by atoms with E-state index in [-0.39, 0.29) is 5.95 Å². The van der Waals surface area contributed by atoms with E-state index in [1.165, 1.54) is 0 Å². The predicted octanol–water partition coefficient (Wildman–Crippen LogP) is -1.33. The van der Waals surface area contributed by atoms with E-state index in [0.717, 1.165) is 0 Å². The van der Waals surface area contributed by atoms with Crippen molar-refractivity contribution in [2.45, 2.75) is 0 Å². The zero-order chi connectivity index (χ0) is 11.4. The summed E-state index contributed by atoms with van der Waals surface area (Å²) in [4.78, 5) is 29.1. The standard InChI is InChI=1S/C5H6N6.H4NO2P/c6-4-8-1-2-3(10-4)11-5(7)9-2;1-4(2)3/h1H,(H5,6,7,8,9,10,11);2-3H,1H2. The molecule has 0 aliphatic carbocycles. The second-order valence-electron chi connectivity index (χ2n) is 2.41. The van der Waals surface area contributed by atoms with E-state index >= 15 is 0 Å². The van der Waals surface area contributed by atoms with Gasteiger partial charge in [0.15, 0.2) is 11.6 Å². The number of hydrogen-bond acceptors (Lipinski definition) is 8. The number of imidazole rings is 1. The number of hydrogen-bond donors (Lipinski definition) is 6. The summed E-state index contributed by atoms with van der Waals surface area (Å²) in [6, 6.07) is 0. The van der Waals surface area contributed by atoms with Crippen molar-refractivity contribution in [3.63, 3.8) is 0 Å². The van der Waals surface area contributed by atoms with Gasteiger partial charge in [-0.1, -0.05) is 0 Å². The molecule has 82 valence electrons. The number of rotatable bonds is 0. The average molecular weight is 231 g/mol. The summed E-state index contributed by atoms with van der Waals surface area (Å²) in [5.41, 5.74) is 16.2. The van der Waals surface area contributed by atoms with Gasteiger partial charge < -0.3 is 26.2 Å². The number of H-pyrrole nitrogens is 1. The monoisotopic (exact) mass is 231 g/mol. The quantitative estimate of drug-likeness (QED) is 0.302. The van der Waals surface area contributed by atoms with Gasteiger partial charge in [0, 0.05) is 0 Å². The third-order valence-electron chi connectivity index (χ3n) is 1.28. The van der Waals surface area contributed by atoms with Gasteiger partial charge in [0.05, 0.1) is 6.20 Å². The van der Waals surface area contributed by atoms with Crippen molar-refractivity contribution in [3.05, 3.63) is 6.20 Å². The van der Waals surface area contributed by atoms with Crippen molar-refractivity contribution < 1.29 is 9.79 Å². The summed E-state index contributed by atoms with van der Waals surface area (Å²) in [5, 5.41) is 0. The molecule has 0 aliphatic heterocycles. The maximum Gasteiger partial charge on any atom is 0.247 e. The SMILES string of the molecule is NP(O)O.Nc1ncc2[nH]c(N)nc2n1. The van der Waals surface area contributed by atoms with Crippen LogP contribution in [0.4, 0.5) is 11.9 Å². The van der Waals surface area contributed by atoms with Gasteiger partial charge in [0.25, 0.3) is 0 Å². The number of anilines is 2. The van der Waals surface area contributed by atoms with Gasteiger partial charge >= 0.3 is 0 Å². The van der Waals surface area contributed by atoms with Crippen molar-refractivity contribution >= 4 is 31.6 Å². The van der Waals surface area contributed by atoms with Crippen LogP contribution in [-0.4, -0.2) is 29.7 Å². The van der Waals surface area contributed by atoms with Gasteiger partial charge in [-0.2, -0.15) is 9.97 Å². The molecule has 9 nitrogen and oxygen atoms in total. The van der Waals surface area contributed by atoms with Crippen molar-refractivity contribution in [2.24, 2.45) is 5.50 Å². The molecule has 0 saturated heterocycles. The van der Waals surface area contributed by atoms with Crippen LogP contribution in [0, 0.1) is 0 Å². The van der Waals surface area contributed by atoms with Gasteiger partial charge in [-0.25, -0.2) is 4.98 Å². The van der Waals surface area contributed by atoms with Crippen LogP contribution >= 0.6 is 8.53 Å². The molecule has 2 rings (SSSR count). The maximum absolute atomic E-state index is 7.45. The fraction of sp³-hybridized carbons (Fsp3) is 0. The summed E-state index contributed by atoms with van der Waals surface area (Å²) >= 11 is 0. The Morgan fingerprint density at radius 2 is 1.87 bits per heavy atom. The van der Waals surface area contributed by atoms with Gasteiger partial charge in [-0.15, -0.1) is 0 Å². The Balaban J connectivity index is 0.000000245. The highest BCUT2D eigenvalue weighted by Gasteiger charge is 2.00. The molecule has 0 saturated carbocycles. The molecule has 0 bridgehead atoms. The van der Waals surface area contributed by atoms with E-state index in [0.29, 0.717) is 17.1 Å². The Kier molecular flexibility index (Phi) is 3.69. The first-order valence-electron chi connectivity index (χ1n) is 3.65. The Labute approximate surface area is 85.3 Å². The minimum absolute atomic E-state index is 0.198. The molecule has 0 aromatic carbocycles. The van der Waals surface area contributed by atoms with Crippen LogP contribution in [0.2, 0.25) is 0 Å². The van der Waals surface area contributed by atoms with Crippen LogP contribution in [0.1, 0.15) is 0 Å². The summed E-state index contributed by atoms with van der Waals surface area (Å²) in [5.74, 6) is 0.518. The fourth-order valence-corrected chi connectivity index (χ4v) is 0.839. The lowest BCUT2D eigenvalue weighted by molar-refractivity contribution is 0.485. The lowest BCUT2D eigenvalue weighted by Crippen LogP contribution is -1.93. The van der Waals surface area contributed by atoms with Gasteiger partial charge in [0.1, 0.15) is 5.52 Å². The smallest absolute Gasteiger partial charge is 0.247 e. The molecule has 0 unspecified atom stereocenters. The van der Waals surface area contributed by atoms with E-state index in [1.54, 1.807) is 6.20 Å². The highest BCUT2D eigenvalue weighted by molar-refractivity contribution is 7.42. The number of nitrogens with two attached hydrogens (primary N) is 3. The van der Waals surface area contributed by atoms with Crippen LogP contribution in [0.15, 0.2) is 6.20 Å². The molecule has 2 heterocycles. The molecule has 2 aromatic heterocycles. The number of nitrogens with zero attached hydrogens (tertiary/aromatic N) is 3. The van der Waals surface area contributed by atoms with Crippen LogP contribution in [-0.2, 0) is 0 Å². The number of nitrogen functional groups attached to an aromatic ring is 2. The van der Waals surface area contributed by atoms with E-state index in [2.05, 4.69) is 25.4 Å². The van der Waals surface area contributed by atoms with Crippen LogP contribution in [0.5, 0.6) is 0 Å². The maximum atomic E-state index is 7.45. The first-order chi connectivity index (χ1) is 6.99. The van der Waals surface area contributed by atoms with Crippen molar-refractivity contribution in [1.82, 2.24) is 19.9 Å². The summed E-state index contributed by atoms with van der Waals surface area (Å²) in [6.07, 6.45) is 1.54. The Morgan fingerprint density at radius 1 is 1.27 bits per heavy atom. The molecule has 15 heavy (non-hydrogen) atoms. The van der Waals surface area contributed by atoms with Crippen molar-refractivity contribution in [1.29, 1.82) is 0 Å². The second-order valence-corrected chi connectivity index (χ2v) is 3.05. The normalized spacial score (nSPS) is 10.1. The van der Waals surface area contributed by atoms with E-state index in [4.69, 9.17) is 21.3 Å². The van der Waals surface area contributed by atoms with E-state index in [9.17, 15) is 0 Å². The Morgan fingerprint density at radius 3 is 2.47 bits per heavy atom. The lowest BCUT2D eigenvalue weighted by atomic mass is 10.6. The van der Waals surface area contributed by atoms with Crippen LogP contribution < -0.4 is 17.0 Å². The lowest BCUT2D eigenvalue weighted by Gasteiger charge is -1.87. The van der Waals surface area contributed by atoms with Gasteiger partial charge in [0.2, 0.25) is 14.5 Å². The van der Waals surface area contributed by atoms with E-state index < -0.39 is 8.53 Å². The van der Waals surface area contributed by atoms with Crippen molar-refractivity contribution in [3.8, 4) is 0 Å². The molecule has 2 aromatic rings. The zero-order valence-corrected chi connectivity index (χ0v) is 8.39. The first-order valence-corrected chi connectivity index (χ1v) is 4.97. The average Bonchev–Trinajstić information content (AvgIpc) is 2.42. The molecule has 0 atom stereocenters. The topological polar surface area (TPSA) is 173 Å². The minimum atomic E-state index is -2.12. The highest BCUT2D eigenvalue weighted by Crippen LogP contribution is 2.08. The number of fused-ring (bicyclic) bond motifs is 1. The molecule has 0 spiro atoms. The third-order valence-corrected chi connectivity index (χ3v) is 1.28. The summed E-state index contributed by atoms with van der Waals surface area (Å²) in [7, 11) is -2.12. The largest absolute Gasteiger partial charge is 0.369 e.